The Hall–Kier alpha value is -0.110. The van der Waals surface area contributed by atoms with Crippen molar-refractivity contribution in [2.45, 2.75) is 57.7 Å². The molecule has 154 valence electrons. The highest BCUT2D eigenvalue weighted by molar-refractivity contribution is 5.89. The first-order valence-corrected chi connectivity index (χ1v) is 9.42. The van der Waals surface area contributed by atoms with Gasteiger partial charge < -0.3 is 20.1 Å². The zero-order valence-corrected chi connectivity index (χ0v) is 17.9. The van der Waals surface area contributed by atoms with Crippen LogP contribution in [0.1, 0.15) is 40.0 Å². The summed E-state index contributed by atoms with van der Waals surface area (Å²) in [5.41, 5.74) is 5.46. The molecule has 3 aliphatic rings. The predicted molar refractivity (Wildman–Crippen MR) is 107 cm³/mol. The van der Waals surface area contributed by atoms with Crippen molar-refractivity contribution >= 4 is 30.7 Å². The summed E-state index contributed by atoms with van der Waals surface area (Å²) in [6.45, 7) is 12.0. The van der Waals surface area contributed by atoms with Crippen molar-refractivity contribution in [1.82, 2.24) is 9.80 Å². The van der Waals surface area contributed by atoms with E-state index in [1.165, 1.54) is 0 Å². The second-order valence-electron chi connectivity index (χ2n) is 8.01. The Morgan fingerprint density at radius 1 is 1.15 bits per heavy atom. The molecule has 26 heavy (non-hydrogen) atoms. The van der Waals surface area contributed by atoms with Gasteiger partial charge in [0.25, 0.3) is 0 Å². The molecule has 1 saturated carbocycles. The minimum absolute atomic E-state index is 0. The molecule has 2 saturated heterocycles. The molecular formula is C18H35Cl2N3O3. The smallest absolute Gasteiger partial charge is 0.243 e. The highest BCUT2D eigenvalue weighted by Gasteiger charge is 2.63. The average Bonchev–Trinajstić information content (AvgIpc) is 2.61. The third-order valence-electron chi connectivity index (χ3n) is 6.52. The largest absolute Gasteiger partial charge is 0.381 e. The third kappa shape index (κ3) is 4.15. The van der Waals surface area contributed by atoms with E-state index in [9.17, 15) is 4.79 Å². The van der Waals surface area contributed by atoms with E-state index in [2.05, 4.69) is 18.7 Å². The van der Waals surface area contributed by atoms with Crippen molar-refractivity contribution in [2.24, 2.45) is 11.1 Å². The predicted octanol–water partition coefficient (Wildman–Crippen LogP) is 1.69. The zero-order chi connectivity index (χ0) is 17.4. The van der Waals surface area contributed by atoms with E-state index in [1.54, 1.807) is 0 Å². The van der Waals surface area contributed by atoms with Crippen molar-refractivity contribution in [3.63, 3.8) is 0 Å². The van der Waals surface area contributed by atoms with Crippen molar-refractivity contribution in [2.75, 3.05) is 46.0 Å². The van der Waals surface area contributed by atoms with Gasteiger partial charge in [-0.15, -0.1) is 24.8 Å². The van der Waals surface area contributed by atoms with E-state index in [-0.39, 0.29) is 42.2 Å². The maximum atomic E-state index is 13.1. The maximum Gasteiger partial charge on any atom is 0.243 e. The molecule has 2 N–H and O–H groups in total. The fourth-order valence-electron chi connectivity index (χ4n) is 4.42. The van der Waals surface area contributed by atoms with Gasteiger partial charge in [-0.2, -0.15) is 0 Å². The lowest BCUT2D eigenvalue weighted by Gasteiger charge is -2.59. The SMILES string of the molecule is CCOC1CC(N)(C(=O)N2CCN(C3CCOCC3)CC2)C1(C)C.Cl.Cl. The minimum atomic E-state index is -0.784. The molecule has 2 heterocycles. The second kappa shape index (κ2) is 9.39. The number of amides is 1. The Morgan fingerprint density at radius 2 is 1.73 bits per heavy atom. The summed E-state index contributed by atoms with van der Waals surface area (Å²) in [7, 11) is 0. The lowest BCUT2D eigenvalue weighted by Crippen LogP contribution is -2.76. The second-order valence-corrected chi connectivity index (χ2v) is 8.01. The molecular weight excluding hydrogens is 377 g/mol. The summed E-state index contributed by atoms with van der Waals surface area (Å²) in [6, 6.07) is 0.616. The summed E-state index contributed by atoms with van der Waals surface area (Å²) in [5.74, 6) is 0.107. The van der Waals surface area contributed by atoms with Gasteiger partial charge in [0.15, 0.2) is 0 Å². The van der Waals surface area contributed by atoms with Crippen LogP contribution in [-0.4, -0.2) is 79.4 Å². The van der Waals surface area contributed by atoms with Crippen LogP contribution in [0.15, 0.2) is 0 Å². The molecule has 2 aliphatic heterocycles. The van der Waals surface area contributed by atoms with Gasteiger partial charge in [0, 0.05) is 63.9 Å². The van der Waals surface area contributed by atoms with Crippen LogP contribution in [0.3, 0.4) is 0 Å². The van der Waals surface area contributed by atoms with Crippen LogP contribution in [0, 0.1) is 5.41 Å². The van der Waals surface area contributed by atoms with E-state index in [1.807, 2.05) is 11.8 Å². The molecule has 0 bridgehead atoms. The quantitative estimate of drug-likeness (QED) is 0.761. The summed E-state index contributed by atoms with van der Waals surface area (Å²) in [5, 5.41) is 0. The van der Waals surface area contributed by atoms with Gasteiger partial charge in [0.05, 0.1) is 6.10 Å². The van der Waals surface area contributed by atoms with Crippen LogP contribution in [0.4, 0.5) is 0 Å². The van der Waals surface area contributed by atoms with Crippen LogP contribution in [-0.2, 0) is 14.3 Å². The fraction of sp³-hybridized carbons (Fsp3) is 0.944. The molecule has 0 aromatic rings. The normalized spacial score (nSPS) is 32.2. The Morgan fingerprint density at radius 3 is 2.23 bits per heavy atom. The topological polar surface area (TPSA) is 68.0 Å². The fourth-order valence-corrected chi connectivity index (χ4v) is 4.42. The molecule has 1 aliphatic carbocycles. The van der Waals surface area contributed by atoms with Crippen LogP contribution in [0.2, 0.25) is 0 Å². The number of ether oxygens (including phenoxy) is 2. The summed E-state index contributed by atoms with van der Waals surface area (Å²) < 4.78 is 11.2. The first-order valence-electron chi connectivity index (χ1n) is 9.42. The standard InChI is InChI=1S/C18H33N3O3.2ClH/c1-4-24-15-13-18(19,17(15,2)3)16(22)21-9-7-20(8-10-21)14-5-11-23-12-6-14;;/h14-15H,4-13,19H2,1-3H3;2*1H. The highest BCUT2D eigenvalue weighted by Crippen LogP contribution is 2.50. The molecule has 2 atom stereocenters. The summed E-state index contributed by atoms with van der Waals surface area (Å²) in [4.78, 5) is 17.5. The zero-order valence-electron chi connectivity index (χ0n) is 16.2. The van der Waals surface area contributed by atoms with E-state index in [0.29, 0.717) is 19.1 Å². The van der Waals surface area contributed by atoms with Gasteiger partial charge in [0.2, 0.25) is 5.91 Å². The lowest BCUT2D eigenvalue weighted by atomic mass is 9.54. The van der Waals surface area contributed by atoms with Crippen LogP contribution in [0.25, 0.3) is 0 Å². The molecule has 0 aromatic heterocycles. The van der Waals surface area contributed by atoms with E-state index in [4.69, 9.17) is 15.2 Å². The van der Waals surface area contributed by atoms with Crippen LogP contribution in [0.5, 0.6) is 0 Å². The van der Waals surface area contributed by atoms with Crippen molar-refractivity contribution in [1.29, 1.82) is 0 Å². The molecule has 8 heteroatoms. The number of rotatable bonds is 4. The van der Waals surface area contributed by atoms with Gasteiger partial charge in [-0.25, -0.2) is 0 Å². The number of halogens is 2. The molecule has 1 amide bonds. The van der Waals surface area contributed by atoms with Gasteiger partial charge >= 0.3 is 0 Å². The van der Waals surface area contributed by atoms with Gasteiger partial charge in [-0.1, -0.05) is 13.8 Å². The van der Waals surface area contributed by atoms with E-state index >= 15 is 0 Å². The van der Waals surface area contributed by atoms with Gasteiger partial charge in [-0.3, -0.25) is 9.69 Å². The highest BCUT2D eigenvalue weighted by atomic mass is 35.5. The van der Waals surface area contributed by atoms with Crippen LogP contribution >= 0.6 is 24.8 Å². The molecule has 2 unspecified atom stereocenters. The Kier molecular flexibility index (Phi) is 8.64. The lowest BCUT2D eigenvalue weighted by molar-refractivity contribution is -0.180. The Labute approximate surface area is 169 Å². The number of nitrogens with zero attached hydrogens (tertiary/aromatic N) is 2. The number of carbonyl (C=O) groups excluding carboxylic acids is 1. The average molecular weight is 412 g/mol. The maximum absolute atomic E-state index is 13.1. The van der Waals surface area contributed by atoms with Crippen molar-refractivity contribution < 1.29 is 14.3 Å². The van der Waals surface area contributed by atoms with Gasteiger partial charge in [0.1, 0.15) is 5.54 Å². The van der Waals surface area contributed by atoms with Crippen LogP contribution < -0.4 is 5.73 Å². The van der Waals surface area contributed by atoms with E-state index < -0.39 is 5.54 Å². The Bertz CT molecular complexity index is 467. The first kappa shape index (κ1) is 23.9. The minimum Gasteiger partial charge on any atom is -0.381 e. The molecule has 3 fully saturated rings. The van der Waals surface area contributed by atoms with Crippen molar-refractivity contribution in [3.8, 4) is 0 Å². The molecule has 0 aromatic carbocycles. The van der Waals surface area contributed by atoms with Gasteiger partial charge in [-0.05, 0) is 19.8 Å². The first-order chi connectivity index (χ1) is 11.4. The number of piperazine rings is 1. The third-order valence-corrected chi connectivity index (χ3v) is 6.52. The number of nitrogens with two attached hydrogens (primary N) is 1. The monoisotopic (exact) mass is 411 g/mol. The molecule has 0 radical (unpaired) electrons. The summed E-state index contributed by atoms with van der Waals surface area (Å²) >= 11 is 0. The Balaban J connectivity index is 0.00000169. The number of hydrogen-bond acceptors (Lipinski definition) is 5. The number of hydrogen-bond donors (Lipinski definition) is 1. The van der Waals surface area contributed by atoms with E-state index in [0.717, 1.165) is 52.2 Å². The van der Waals surface area contributed by atoms with Crippen molar-refractivity contribution in [3.05, 3.63) is 0 Å². The molecule has 0 spiro atoms. The molecule has 3 rings (SSSR count). The summed E-state index contributed by atoms with van der Waals surface area (Å²) in [6.07, 6.45) is 2.93. The molecule has 6 nitrogen and oxygen atoms in total. The number of carbonyl (C=O) groups is 1.